The largest absolute Gasteiger partial charge is 0.314 e. The molecule has 0 aromatic heterocycles. The number of hydrogen-bond acceptors (Lipinski definition) is 2. The molecule has 0 aromatic rings. The lowest BCUT2D eigenvalue weighted by atomic mass is 10.0. The quantitative estimate of drug-likeness (QED) is 0.723. The van der Waals surface area contributed by atoms with Gasteiger partial charge in [-0.2, -0.15) is 0 Å². The summed E-state index contributed by atoms with van der Waals surface area (Å²) in [5, 5.41) is 3.64. The zero-order valence-corrected chi connectivity index (χ0v) is 10.2. The van der Waals surface area contributed by atoms with Crippen molar-refractivity contribution in [3.05, 3.63) is 0 Å². The Balaban J connectivity index is 1.54. The Morgan fingerprint density at radius 1 is 1.13 bits per heavy atom. The van der Waals surface area contributed by atoms with Crippen LogP contribution in [0.3, 0.4) is 0 Å². The minimum Gasteiger partial charge on any atom is -0.314 e. The van der Waals surface area contributed by atoms with Gasteiger partial charge in [-0.25, -0.2) is 0 Å². The molecule has 0 spiro atoms. The van der Waals surface area contributed by atoms with Gasteiger partial charge in [-0.05, 0) is 57.8 Å². The van der Waals surface area contributed by atoms with Gasteiger partial charge in [0, 0.05) is 6.04 Å². The Labute approximate surface area is 94.4 Å². The summed E-state index contributed by atoms with van der Waals surface area (Å²) in [6.07, 6.45) is 8.48. The maximum Gasteiger partial charge on any atom is 0.00914 e. The van der Waals surface area contributed by atoms with Gasteiger partial charge in [-0.15, -0.1) is 0 Å². The number of rotatable bonds is 6. The van der Waals surface area contributed by atoms with Gasteiger partial charge in [-0.1, -0.05) is 19.8 Å². The lowest BCUT2D eigenvalue weighted by molar-refractivity contribution is 0.193. The Morgan fingerprint density at radius 2 is 1.87 bits per heavy atom. The second-order valence-corrected chi connectivity index (χ2v) is 5.30. The third kappa shape index (κ3) is 4.12. The van der Waals surface area contributed by atoms with Gasteiger partial charge in [0.25, 0.3) is 0 Å². The van der Waals surface area contributed by atoms with Crippen molar-refractivity contribution in [2.24, 2.45) is 5.92 Å². The molecule has 1 heterocycles. The van der Waals surface area contributed by atoms with Crippen LogP contribution in [0.4, 0.5) is 0 Å². The molecule has 1 saturated carbocycles. The molecule has 0 amide bonds. The summed E-state index contributed by atoms with van der Waals surface area (Å²) < 4.78 is 0. The highest BCUT2D eigenvalue weighted by atomic mass is 15.1. The second-order valence-electron chi connectivity index (χ2n) is 5.30. The van der Waals surface area contributed by atoms with E-state index >= 15 is 0 Å². The highest BCUT2D eigenvalue weighted by Crippen LogP contribution is 2.32. The fourth-order valence-electron chi connectivity index (χ4n) is 2.48. The monoisotopic (exact) mass is 210 g/mol. The molecule has 0 aromatic carbocycles. The molecule has 0 bridgehead atoms. The lowest BCUT2D eigenvalue weighted by Crippen LogP contribution is -2.43. The first kappa shape index (κ1) is 11.4. The summed E-state index contributed by atoms with van der Waals surface area (Å²) in [6, 6.07) is 0.808. The molecule has 15 heavy (non-hydrogen) atoms. The summed E-state index contributed by atoms with van der Waals surface area (Å²) in [7, 11) is 0. The number of hydrogen-bond donors (Lipinski definition) is 1. The summed E-state index contributed by atoms with van der Waals surface area (Å²) in [6.45, 7) is 7.47. The number of likely N-dealkylation sites (tertiary alicyclic amines) is 1. The molecular weight excluding hydrogens is 184 g/mol. The first-order valence-electron chi connectivity index (χ1n) is 6.84. The topological polar surface area (TPSA) is 15.3 Å². The zero-order valence-electron chi connectivity index (χ0n) is 10.2. The van der Waals surface area contributed by atoms with Gasteiger partial charge in [0.2, 0.25) is 0 Å². The SMILES string of the molecule is CCCNC1CCN(CCC2CC2)CC1. The van der Waals surface area contributed by atoms with Gasteiger partial charge in [0.1, 0.15) is 0 Å². The van der Waals surface area contributed by atoms with E-state index in [0.717, 1.165) is 12.0 Å². The van der Waals surface area contributed by atoms with Crippen LogP contribution in [0.15, 0.2) is 0 Å². The van der Waals surface area contributed by atoms with Crippen molar-refractivity contribution >= 4 is 0 Å². The van der Waals surface area contributed by atoms with Crippen LogP contribution in [0.25, 0.3) is 0 Å². The molecule has 0 unspecified atom stereocenters. The molecule has 1 saturated heterocycles. The molecule has 2 rings (SSSR count). The Kier molecular flexibility index (Phi) is 4.45. The van der Waals surface area contributed by atoms with E-state index in [4.69, 9.17) is 0 Å². The van der Waals surface area contributed by atoms with Crippen LogP contribution in [0, 0.1) is 5.92 Å². The molecule has 0 atom stereocenters. The van der Waals surface area contributed by atoms with Crippen molar-refractivity contribution in [3.63, 3.8) is 0 Å². The van der Waals surface area contributed by atoms with Gasteiger partial charge < -0.3 is 10.2 Å². The van der Waals surface area contributed by atoms with E-state index in [0.29, 0.717) is 0 Å². The van der Waals surface area contributed by atoms with Crippen LogP contribution in [0.1, 0.15) is 45.4 Å². The normalized spacial score (nSPS) is 24.6. The highest BCUT2D eigenvalue weighted by Gasteiger charge is 2.23. The molecule has 1 N–H and O–H groups in total. The zero-order chi connectivity index (χ0) is 10.5. The maximum absolute atomic E-state index is 3.64. The molecule has 1 aliphatic heterocycles. The van der Waals surface area contributed by atoms with Crippen LogP contribution in [0.5, 0.6) is 0 Å². The Bertz CT molecular complexity index is 169. The third-order valence-electron chi connectivity index (χ3n) is 3.82. The van der Waals surface area contributed by atoms with E-state index in [-0.39, 0.29) is 0 Å². The van der Waals surface area contributed by atoms with Crippen LogP contribution in [-0.2, 0) is 0 Å². The Hall–Kier alpha value is -0.0800. The van der Waals surface area contributed by atoms with Gasteiger partial charge in [0.05, 0.1) is 0 Å². The molecule has 1 aliphatic carbocycles. The molecule has 2 nitrogen and oxygen atoms in total. The molecule has 2 fully saturated rings. The molecule has 2 heteroatoms. The van der Waals surface area contributed by atoms with E-state index in [9.17, 15) is 0 Å². The average molecular weight is 210 g/mol. The predicted octanol–water partition coefficient (Wildman–Crippen LogP) is 2.25. The molecular formula is C13H26N2. The average Bonchev–Trinajstić information content (AvgIpc) is 3.09. The first-order chi connectivity index (χ1) is 7.38. The van der Waals surface area contributed by atoms with E-state index < -0.39 is 0 Å². The molecule has 2 aliphatic rings. The molecule has 88 valence electrons. The summed E-state index contributed by atoms with van der Waals surface area (Å²) in [5.74, 6) is 1.10. The fraction of sp³-hybridized carbons (Fsp3) is 1.00. The fourth-order valence-corrected chi connectivity index (χ4v) is 2.48. The van der Waals surface area contributed by atoms with Crippen LogP contribution in [0.2, 0.25) is 0 Å². The predicted molar refractivity (Wildman–Crippen MR) is 65.1 cm³/mol. The van der Waals surface area contributed by atoms with Crippen LogP contribution >= 0.6 is 0 Å². The van der Waals surface area contributed by atoms with Crippen LogP contribution in [-0.4, -0.2) is 37.1 Å². The summed E-state index contributed by atoms with van der Waals surface area (Å²) in [4.78, 5) is 2.67. The number of piperidine rings is 1. The summed E-state index contributed by atoms with van der Waals surface area (Å²) in [5.41, 5.74) is 0. The van der Waals surface area contributed by atoms with E-state index in [1.54, 1.807) is 0 Å². The Morgan fingerprint density at radius 3 is 2.47 bits per heavy atom. The highest BCUT2D eigenvalue weighted by molar-refractivity contribution is 4.79. The van der Waals surface area contributed by atoms with E-state index in [2.05, 4.69) is 17.1 Å². The summed E-state index contributed by atoms with van der Waals surface area (Å²) >= 11 is 0. The second kappa shape index (κ2) is 5.86. The van der Waals surface area contributed by atoms with Gasteiger partial charge in [-0.3, -0.25) is 0 Å². The third-order valence-corrected chi connectivity index (χ3v) is 3.82. The number of nitrogens with one attached hydrogen (secondary N) is 1. The van der Waals surface area contributed by atoms with Gasteiger partial charge >= 0.3 is 0 Å². The van der Waals surface area contributed by atoms with Crippen molar-refractivity contribution in [1.82, 2.24) is 10.2 Å². The van der Waals surface area contributed by atoms with E-state index in [1.807, 2.05) is 0 Å². The first-order valence-corrected chi connectivity index (χ1v) is 6.84. The maximum atomic E-state index is 3.64. The van der Waals surface area contributed by atoms with Crippen molar-refractivity contribution in [2.45, 2.75) is 51.5 Å². The van der Waals surface area contributed by atoms with Gasteiger partial charge in [0.15, 0.2) is 0 Å². The minimum atomic E-state index is 0.808. The van der Waals surface area contributed by atoms with Crippen molar-refractivity contribution in [3.8, 4) is 0 Å². The van der Waals surface area contributed by atoms with Crippen LogP contribution < -0.4 is 5.32 Å². The minimum absolute atomic E-state index is 0.808. The van der Waals surface area contributed by atoms with Crippen molar-refractivity contribution < 1.29 is 0 Å². The number of nitrogens with zero attached hydrogens (tertiary/aromatic N) is 1. The van der Waals surface area contributed by atoms with E-state index in [1.165, 1.54) is 64.7 Å². The lowest BCUT2D eigenvalue weighted by Gasteiger charge is -2.32. The van der Waals surface area contributed by atoms with Crippen molar-refractivity contribution in [2.75, 3.05) is 26.2 Å². The standard InChI is InChI=1S/C13H26N2/c1-2-8-14-13-6-10-15(11-7-13)9-5-12-3-4-12/h12-14H,2-11H2,1H3. The molecule has 0 radical (unpaired) electrons. The smallest absolute Gasteiger partial charge is 0.00914 e. The van der Waals surface area contributed by atoms with Crippen molar-refractivity contribution in [1.29, 1.82) is 0 Å².